The van der Waals surface area contributed by atoms with Crippen molar-refractivity contribution in [2.45, 2.75) is 33.6 Å². The molecule has 1 aliphatic rings. The van der Waals surface area contributed by atoms with Gasteiger partial charge < -0.3 is 15.1 Å². The van der Waals surface area contributed by atoms with Gasteiger partial charge in [0.05, 0.1) is 0 Å². The molecule has 2 heterocycles. The molecule has 1 aliphatic heterocycles. The highest BCUT2D eigenvalue weighted by molar-refractivity contribution is 5.92. The van der Waals surface area contributed by atoms with E-state index in [4.69, 9.17) is 0 Å². The SMILES string of the molecule is CCc1cccc(CC)c1Nc1nccc(C(=O)N2CCN(CC)CC2)n1. The number of likely N-dealkylation sites (N-methyl/N-ethyl adjacent to an activating group) is 1. The standard InChI is InChI=1S/C21H29N5O/c1-4-16-8-7-9-17(5-2)19(16)24-21-22-11-10-18(23-21)20(27)26-14-12-25(6-3)13-15-26/h7-11H,4-6,12-15H2,1-3H3,(H,22,23,24). The fourth-order valence-corrected chi connectivity index (χ4v) is 3.48. The summed E-state index contributed by atoms with van der Waals surface area (Å²) in [5, 5.41) is 3.36. The minimum atomic E-state index is -0.0179. The third-order valence-corrected chi connectivity index (χ3v) is 5.22. The van der Waals surface area contributed by atoms with Gasteiger partial charge in [-0.05, 0) is 36.6 Å². The zero-order chi connectivity index (χ0) is 19.2. The van der Waals surface area contributed by atoms with Crippen molar-refractivity contribution in [2.24, 2.45) is 0 Å². The van der Waals surface area contributed by atoms with Crippen molar-refractivity contribution in [1.82, 2.24) is 19.8 Å². The molecule has 0 unspecified atom stereocenters. The average Bonchev–Trinajstić information content (AvgIpc) is 2.73. The van der Waals surface area contributed by atoms with E-state index in [0.717, 1.165) is 51.3 Å². The summed E-state index contributed by atoms with van der Waals surface area (Å²) in [5.74, 6) is 0.458. The number of amides is 1. The summed E-state index contributed by atoms with van der Waals surface area (Å²) >= 11 is 0. The maximum atomic E-state index is 12.8. The Kier molecular flexibility index (Phi) is 6.40. The normalized spacial score (nSPS) is 15.0. The molecule has 6 heteroatoms. The van der Waals surface area contributed by atoms with Gasteiger partial charge in [-0.15, -0.1) is 0 Å². The molecule has 1 aromatic heterocycles. The molecular weight excluding hydrogens is 338 g/mol. The second kappa shape index (κ2) is 8.95. The Morgan fingerprint density at radius 1 is 1.04 bits per heavy atom. The lowest BCUT2D eigenvalue weighted by Gasteiger charge is -2.33. The molecule has 0 radical (unpaired) electrons. The van der Waals surface area contributed by atoms with Gasteiger partial charge in [0.2, 0.25) is 5.95 Å². The molecule has 0 bridgehead atoms. The van der Waals surface area contributed by atoms with Crippen LogP contribution >= 0.6 is 0 Å². The summed E-state index contributed by atoms with van der Waals surface area (Å²) in [6.45, 7) is 10.8. The molecule has 1 amide bonds. The Bertz CT molecular complexity index is 762. The van der Waals surface area contributed by atoms with Crippen LogP contribution in [0, 0.1) is 0 Å². The van der Waals surface area contributed by atoms with E-state index in [-0.39, 0.29) is 5.91 Å². The van der Waals surface area contributed by atoms with Crippen molar-refractivity contribution in [1.29, 1.82) is 0 Å². The van der Waals surface area contributed by atoms with Gasteiger partial charge in [-0.25, -0.2) is 9.97 Å². The molecule has 0 atom stereocenters. The Labute approximate surface area is 161 Å². The number of rotatable bonds is 6. The lowest BCUT2D eigenvalue weighted by atomic mass is 10.0. The number of para-hydroxylation sites is 1. The topological polar surface area (TPSA) is 61.4 Å². The first kappa shape index (κ1) is 19.3. The van der Waals surface area contributed by atoms with E-state index in [1.165, 1.54) is 11.1 Å². The van der Waals surface area contributed by atoms with Gasteiger partial charge in [-0.3, -0.25) is 4.79 Å². The van der Waals surface area contributed by atoms with Crippen molar-refractivity contribution < 1.29 is 4.79 Å². The molecule has 1 N–H and O–H groups in total. The number of nitrogens with zero attached hydrogens (tertiary/aromatic N) is 4. The quantitative estimate of drug-likeness (QED) is 0.850. The Morgan fingerprint density at radius 2 is 1.70 bits per heavy atom. The van der Waals surface area contributed by atoms with Gasteiger partial charge in [0.25, 0.3) is 5.91 Å². The number of hydrogen-bond donors (Lipinski definition) is 1. The zero-order valence-electron chi connectivity index (χ0n) is 16.5. The maximum Gasteiger partial charge on any atom is 0.272 e. The molecule has 1 saturated heterocycles. The second-order valence-corrected chi connectivity index (χ2v) is 6.78. The van der Waals surface area contributed by atoms with Gasteiger partial charge in [-0.2, -0.15) is 0 Å². The molecule has 0 spiro atoms. The maximum absolute atomic E-state index is 12.8. The summed E-state index contributed by atoms with van der Waals surface area (Å²) in [6.07, 6.45) is 3.51. The number of piperazine rings is 1. The first-order valence-corrected chi connectivity index (χ1v) is 9.88. The number of anilines is 2. The number of hydrogen-bond acceptors (Lipinski definition) is 5. The molecule has 3 rings (SSSR count). The second-order valence-electron chi connectivity index (χ2n) is 6.78. The number of carbonyl (C=O) groups is 1. The molecular formula is C21H29N5O. The summed E-state index contributed by atoms with van der Waals surface area (Å²) in [7, 11) is 0. The van der Waals surface area contributed by atoms with Crippen LogP contribution in [0.5, 0.6) is 0 Å². The zero-order valence-corrected chi connectivity index (χ0v) is 16.5. The molecule has 144 valence electrons. The van der Waals surface area contributed by atoms with E-state index in [2.05, 4.69) is 59.2 Å². The van der Waals surface area contributed by atoms with Crippen molar-refractivity contribution in [3.63, 3.8) is 0 Å². The summed E-state index contributed by atoms with van der Waals surface area (Å²) in [5.41, 5.74) is 3.96. The van der Waals surface area contributed by atoms with E-state index in [9.17, 15) is 4.79 Å². The van der Waals surface area contributed by atoms with E-state index < -0.39 is 0 Å². The first-order valence-electron chi connectivity index (χ1n) is 9.88. The fourth-order valence-electron chi connectivity index (χ4n) is 3.48. The van der Waals surface area contributed by atoms with Crippen LogP contribution in [0.25, 0.3) is 0 Å². The number of carbonyl (C=O) groups excluding carboxylic acids is 1. The van der Waals surface area contributed by atoms with Crippen LogP contribution in [0.15, 0.2) is 30.5 Å². The predicted octanol–water partition coefficient (Wildman–Crippen LogP) is 3.12. The van der Waals surface area contributed by atoms with Gasteiger partial charge in [0, 0.05) is 38.1 Å². The third-order valence-electron chi connectivity index (χ3n) is 5.22. The van der Waals surface area contributed by atoms with Gasteiger partial charge in [-0.1, -0.05) is 39.0 Å². The number of aryl methyl sites for hydroxylation is 2. The van der Waals surface area contributed by atoms with Gasteiger partial charge >= 0.3 is 0 Å². The van der Waals surface area contributed by atoms with Crippen LogP contribution in [0.3, 0.4) is 0 Å². The third kappa shape index (κ3) is 4.45. The molecule has 27 heavy (non-hydrogen) atoms. The Hall–Kier alpha value is -2.47. The summed E-state index contributed by atoms with van der Waals surface area (Å²) in [6, 6.07) is 8.01. The van der Waals surface area contributed by atoms with Crippen molar-refractivity contribution in [3.8, 4) is 0 Å². The Morgan fingerprint density at radius 3 is 2.30 bits per heavy atom. The monoisotopic (exact) mass is 367 g/mol. The van der Waals surface area contributed by atoms with Crippen molar-refractivity contribution in [2.75, 3.05) is 38.0 Å². The van der Waals surface area contributed by atoms with E-state index >= 15 is 0 Å². The van der Waals surface area contributed by atoms with Crippen LogP contribution < -0.4 is 5.32 Å². The molecule has 2 aromatic rings. The number of aromatic nitrogens is 2. The van der Waals surface area contributed by atoms with Crippen LogP contribution in [0.4, 0.5) is 11.6 Å². The number of nitrogens with one attached hydrogen (secondary N) is 1. The molecule has 0 aliphatic carbocycles. The summed E-state index contributed by atoms with van der Waals surface area (Å²) < 4.78 is 0. The van der Waals surface area contributed by atoms with Crippen LogP contribution in [-0.2, 0) is 12.8 Å². The minimum Gasteiger partial charge on any atom is -0.335 e. The van der Waals surface area contributed by atoms with Crippen LogP contribution in [-0.4, -0.2) is 58.4 Å². The van der Waals surface area contributed by atoms with Crippen molar-refractivity contribution >= 4 is 17.5 Å². The van der Waals surface area contributed by atoms with Crippen molar-refractivity contribution in [3.05, 3.63) is 47.3 Å². The van der Waals surface area contributed by atoms with E-state index in [0.29, 0.717) is 11.6 Å². The van der Waals surface area contributed by atoms with Crippen LogP contribution in [0.1, 0.15) is 42.4 Å². The molecule has 6 nitrogen and oxygen atoms in total. The number of benzene rings is 1. The van der Waals surface area contributed by atoms with E-state index in [1.54, 1.807) is 12.3 Å². The lowest BCUT2D eigenvalue weighted by molar-refractivity contribution is 0.0637. The van der Waals surface area contributed by atoms with Gasteiger partial charge in [0.1, 0.15) is 5.69 Å². The molecule has 1 aromatic carbocycles. The Balaban J connectivity index is 1.78. The summed E-state index contributed by atoms with van der Waals surface area (Å²) in [4.78, 5) is 25.9. The fraction of sp³-hybridized carbons (Fsp3) is 0.476. The highest BCUT2D eigenvalue weighted by Crippen LogP contribution is 2.25. The highest BCUT2D eigenvalue weighted by Gasteiger charge is 2.22. The minimum absolute atomic E-state index is 0.0179. The molecule has 0 saturated carbocycles. The first-order chi connectivity index (χ1) is 13.2. The lowest BCUT2D eigenvalue weighted by Crippen LogP contribution is -2.48. The smallest absolute Gasteiger partial charge is 0.272 e. The largest absolute Gasteiger partial charge is 0.335 e. The van der Waals surface area contributed by atoms with E-state index in [1.807, 2.05) is 4.90 Å². The van der Waals surface area contributed by atoms with Crippen LogP contribution in [0.2, 0.25) is 0 Å². The van der Waals surface area contributed by atoms with Gasteiger partial charge in [0.15, 0.2) is 0 Å². The highest BCUT2D eigenvalue weighted by atomic mass is 16.2. The predicted molar refractivity (Wildman–Crippen MR) is 109 cm³/mol. The molecule has 1 fully saturated rings. The average molecular weight is 367 g/mol.